The Balaban J connectivity index is 0.000000167. The van der Waals surface area contributed by atoms with Gasteiger partial charge in [0.25, 0.3) is 0 Å². The first kappa shape index (κ1) is 64.0. The molecule has 17 nitrogen and oxygen atoms in total. The van der Waals surface area contributed by atoms with Crippen molar-refractivity contribution in [1.29, 1.82) is 0 Å². The zero-order valence-electron chi connectivity index (χ0n) is 53.6. The first-order chi connectivity index (χ1) is 39.6. The molecule has 0 amide bonds. The van der Waals surface area contributed by atoms with Crippen molar-refractivity contribution in [3.63, 3.8) is 0 Å². The predicted octanol–water partition coefficient (Wildman–Crippen LogP) is 3.31. The third kappa shape index (κ3) is 11.9. The number of hydrogen-bond acceptors (Lipinski definition) is 16. The molecule has 0 spiro atoms. The number of hydrogen-bond donors (Lipinski definition) is 16. The van der Waals surface area contributed by atoms with Gasteiger partial charge in [-0.15, -0.1) is 0 Å². The Morgan fingerprint density at radius 1 is 0.155 bits per heavy atom. The molecule has 16 atom stereocenters. The van der Waals surface area contributed by atoms with Gasteiger partial charge in [0.1, 0.15) is 0 Å². The van der Waals surface area contributed by atoms with Gasteiger partial charge in [0.2, 0.25) is 0 Å². The van der Waals surface area contributed by atoms with Crippen LogP contribution in [-0.4, -0.2) is 147 Å². The second-order valence-corrected chi connectivity index (χ2v) is 31.2. The van der Waals surface area contributed by atoms with E-state index in [0.29, 0.717) is 98.7 Å². The van der Waals surface area contributed by atoms with E-state index < -0.39 is 0 Å². The molecule has 10 saturated heterocycles. The van der Waals surface area contributed by atoms with Crippen molar-refractivity contribution in [2.24, 2.45) is 94.7 Å². The SMILES string of the molecule is C1CCC2C3NC(NC4NC(NC5NC(NC6NC(N3)C3CCCCC63)C3CCCCC53)C3CCCCC43)C2C1.C1CCC2C3NC(NC4NC(NC5NC(NC6NC(N3)C3CCCCC63)C3CCCCC53)C3CCCCC43)C2C1.O.[Cu].[GaH2].[H-].[H-].[Mg+2]. The van der Waals surface area contributed by atoms with E-state index in [1.165, 1.54) is 205 Å². The molecule has 10 aliphatic heterocycles. The summed E-state index contributed by atoms with van der Waals surface area (Å²) in [4.78, 5) is 0. The van der Waals surface area contributed by atoms with Gasteiger partial charge in [-0.3, -0.25) is 85.1 Å². The fourth-order valence-electron chi connectivity index (χ4n) is 23.9. The smallest absolute Gasteiger partial charge is 1.00 e. The van der Waals surface area contributed by atoms with Crippen LogP contribution in [0.5, 0.6) is 0 Å². The molecule has 2 radical (unpaired) electrons. The molecule has 16 unspecified atom stereocenters. The van der Waals surface area contributed by atoms with Crippen LogP contribution in [-0.2, 0) is 17.1 Å². The molecule has 0 aromatic rings. The molecular weight excluding hydrogens is 1170 g/mol. The van der Waals surface area contributed by atoms with Crippen LogP contribution in [0.25, 0.3) is 0 Å². The maximum absolute atomic E-state index is 4.26. The van der Waals surface area contributed by atoms with Crippen LogP contribution in [0.15, 0.2) is 0 Å². The molecule has 20 heteroatoms. The largest absolute Gasteiger partial charge is 2.00 e. The topological polar surface area (TPSA) is 224 Å². The van der Waals surface area contributed by atoms with Gasteiger partial charge in [0.05, 0.1) is 98.7 Å². The number of nitrogens with one attached hydrogen (secondary N) is 16. The summed E-state index contributed by atoms with van der Waals surface area (Å²) in [5.74, 6) is 11.9. The summed E-state index contributed by atoms with van der Waals surface area (Å²) in [5.41, 5.74) is 0. The van der Waals surface area contributed by atoms with Gasteiger partial charge >= 0.3 is 42.8 Å². The van der Waals surface area contributed by atoms with E-state index >= 15 is 0 Å². The van der Waals surface area contributed by atoms with Gasteiger partial charge in [-0.1, -0.05) is 103 Å². The van der Waals surface area contributed by atoms with E-state index in [2.05, 4.69) is 85.1 Å². The summed E-state index contributed by atoms with van der Waals surface area (Å²) >= 11 is 0. The summed E-state index contributed by atoms with van der Waals surface area (Å²) in [6.45, 7) is 0. The average molecular weight is 1290 g/mol. The van der Waals surface area contributed by atoms with Crippen molar-refractivity contribution in [3.8, 4) is 0 Å². The van der Waals surface area contributed by atoms with Crippen LogP contribution in [0.3, 0.4) is 0 Å². The van der Waals surface area contributed by atoms with E-state index in [9.17, 15) is 0 Å². The second kappa shape index (κ2) is 27.7. The normalized spacial score (nSPS) is 54.9. The molecule has 16 bridgehead atoms. The van der Waals surface area contributed by atoms with Crippen LogP contribution < -0.4 is 85.1 Å². The molecule has 0 aromatic heterocycles. The van der Waals surface area contributed by atoms with Crippen molar-refractivity contribution >= 4 is 42.8 Å². The molecule has 18 fully saturated rings. The fourth-order valence-corrected chi connectivity index (χ4v) is 23.9. The van der Waals surface area contributed by atoms with Crippen molar-refractivity contribution in [1.82, 2.24) is 85.1 Å². The fraction of sp³-hybridized carbons (Fsp3) is 1.00. The molecule has 84 heavy (non-hydrogen) atoms. The molecule has 18 rings (SSSR count). The molecular formula is C64H118CuGaMgN16O. The maximum atomic E-state index is 4.26. The zero-order chi connectivity index (χ0) is 52.4. The van der Waals surface area contributed by atoms with Crippen molar-refractivity contribution < 1.29 is 25.4 Å². The Kier molecular flexibility index (Phi) is 21.1. The summed E-state index contributed by atoms with van der Waals surface area (Å²) in [5, 5.41) is 67.6. The molecule has 8 aliphatic carbocycles. The van der Waals surface area contributed by atoms with Crippen LogP contribution in [0, 0.1) is 94.7 Å². The summed E-state index contributed by atoms with van der Waals surface area (Å²) in [7, 11) is 0. The Bertz CT molecular complexity index is 1610. The van der Waals surface area contributed by atoms with Crippen molar-refractivity contribution in [2.45, 2.75) is 304 Å². The van der Waals surface area contributed by atoms with Gasteiger partial charge in [-0.2, -0.15) is 0 Å². The Morgan fingerprint density at radius 2 is 0.214 bits per heavy atom. The molecule has 18 N–H and O–H groups in total. The van der Waals surface area contributed by atoms with Crippen LogP contribution >= 0.6 is 0 Å². The van der Waals surface area contributed by atoms with Crippen LogP contribution in [0.1, 0.15) is 208 Å². The van der Waals surface area contributed by atoms with Crippen molar-refractivity contribution in [2.75, 3.05) is 0 Å². The van der Waals surface area contributed by atoms with Gasteiger partial charge in [0, 0.05) is 17.1 Å². The van der Waals surface area contributed by atoms with E-state index in [4.69, 9.17) is 0 Å². The standard InChI is InChI=1S/2C32H56N8.Cu.Ga.Mg.H2O.4H/c2*1-2-10-18-17(9-1)25-33-26(18)38-28-21-13-5-6-14-22(21)30(35-28)40-32-24-16-8-7-15-23(24)31(36-32)39-29-20-12-4-3-11-19(20)27(34-29)37-25;;;;;;;;/h2*17-40H,1-16H2;;;;1H2;;;;/q;;;;+2;;;;2*-1. The first-order valence-electron chi connectivity index (χ1n) is 35.8. The second-order valence-electron chi connectivity index (χ2n) is 31.2. The van der Waals surface area contributed by atoms with E-state index in [-0.39, 0.29) is 68.2 Å². The first-order valence-corrected chi connectivity index (χ1v) is 35.8. The van der Waals surface area contributed by atoms with Crippen molar-refractivity contribution in [3.05, 3.63) is 0 Å². The summed E-state index contributed by atoms with van der Waals surface area (Å²) < 4.78 is 0. The molecule has 10 heterocycles. The number of fused-ring (bicyclic) bond motifs is 40. The van der Waals surface area contributed by atoms with Gasteiger partial charge in [0.15, 0.2) is 0 Å². The molecule has 0 aromatic carbocycles. The monoisotopic (exact) mass is 1280 g/mol. The average Bonchev–Trinajstić information content (AvgIpc) is 3.95. The third-order valence-corrected chi connectivity index (χ3v) is 27.6. The predicted molar refractivity (Wildman–Crippen MR) is 334 cm³/mol. The Labute approximate surface area is 548 Å². The third-order valence-electron chi connectivity index (χ3n) is 27.6. The molecule has 8 saturated carbocycles. The minimum Gasteiger partial charge on any atom is -1.00 e. The Hall–Kier alpha value is 1.24. The van der Waals surface area contributed by atoms with Gasteiger partial charge in [-0.05, 0) is 197 Å². The van der Waals surface area contributed by atoms with E-state index in [1.54, 1.807) is 0 Å². The number of rotatable bonds is 0. The molecule has 18 aliphatic rings. The van der Waals surface area contributed by atoms with E-state index in [1.807, 2.05) is 0 Å². The Morgan fingerprint density at radius 3 is 0.274 bits per heavy atom. The van der Waals surface area contributed by atoms with Gasteiger partial charge < -0.3 is 8.33 Å². The van der Waals surface area contributed by atoms with Crippen LogP contribution in [0.2, 0.25) is 0 Å². The van der Waals surface area contributed by atoms with E-state index in [0.717, 1.165) is 94.7 Å². The zero-order valence-corrected chi connectivity index (χ0v) is 58.2. The van der Waals surface area contributed by atoms with Gasteiger partial charge in [-0.25, -0.2) is 0 Å². The summed E-state index contributed by atoms with van der Waals surface area (Å²) in [6.07, 6.45) is 51.1. The summed E-state index contributed by atoms with van der Waals surface area (Å²) in [6, 6.07) is 0. The minimum absolute atomic E-state index is 0. The quantitative estimate of drug-likeness (QED) is 0.156. The maximum Gasteiger partial charge on any atom is 2.00 e. The van der Waals surface area contributed by atoms with Crippen LogP contribution in [0.4, 0.5) is 0 Å². The minimum atomic E-state index is 0. The molecule has 476 valence electrons.